The average Bonchev–Trinajstić information content (AvgIpc) is 2.45. The highest BCUT2D eigenvalue weighted by Crippen LogP contribution is 2.25. The van der Waals surface area contributed by atoms with Gasteiger partial charge in [-0.05, 0) is 24.6 Å². The van der Waals surface area contributed by atoms with Crippen molar-refractivity contribution in [1.82, 2.24) is 4.57 Å². The van der Waals surface area contributed by atoms with Crippen molar-refractivity contribution < 1.29 is 13.2 Å². The molecule has 0 fully saturated rings. The van der Waals surface area contributed by atoms with Gasteiger partial charge in [-0.1, -0.05) is 0 Å². The van der Waals surface area contributed by atoms with Gasteiger partial charge in [0, 0.05) is 36.3 Å². The molecule has 4 N–H and O–H groups in total. The Morgan fingerprint density at radius 1 is 1.17 bits per heavy atom. The SMILES string of the molecule is Cc1cc(-n2ccc(=O)cc2)c(S(C)(=O)=O)cc1C(=O)N=C(N)N. The van der Waals surface area contributed by atoms with Crippen LogP contribution in [0.2, 0.25) is 0 Å². The maximum atomic E-state index is 12.1. The van der Waals surface area contributed by atoms with Crippen LogP contribution in [0.25, 0.3) is 5.69 Å². The van der Waals surface area contributed by atoms with E-state index in [9.17, 15) is 18.0 Å². The van der Waals surface area contributed by atoms with Crippen molar-refractivity contribution in [3.8, 4) is 5.69 Å². The Labute approximate surface area is 138 Å². The summed E-state index contributed by atoms with van der Waals surface area (Å²) >= 11 is 0. The van der Waals surface area contributed by atoms with Crippen LogP contribution in [-0.2, 0) is 9.84 Å². The van der Waals surface area contributed by atoms with Gasteiger partial charge in [0.25, 0.3) is 5.91 Å². The van der Waals surface area contributed by atoms with Crippen LogP contribution in [0.15, 0.2) is 51.3 Å². The molecule has 0 saturated carbocycles. The fourth-order valence-corrected chi connectivity index (χ4v) is 3.03. The second kappa shape index (κ2) is 6.28. The number of aliphatic imine (C=N–C) groups is 1. The zero-order valence-electron chi connectivity index (χ0n) is 13.1. The maximum Gasteiger partial charge on any atom is 0.280 e. The minimum atomic E-state index is -3.66. The molecule has 9 heteroatoms. The average molecular weight is 348 g/mol. The topological polar surface area (TPSA) is 138 Å². The molecule has 24 heavy (non-hydrogen) atoms. The second-order valence-corrected chi connectivity index (χ2v) is 7.17. The molecule has 0 unspecified atom stereocenters. The van der Waals surface area contributed by atoms with E-state index >= 15 is 0 Å². The van der Waals surface area contributed by atoms with Gasteiger partial charge in [-0.15, -0.1) is 0 Å². The third-order valence-electron chi connectivity index (χ3n) is 3.24. The van der Waals surface area contributed by atoms with Crippen molar-refractivity contribution in [2.75, 3.05) is 6.26 Å². The first-order valence-corrected chi connectivity index (χ1v) is 8.66. The Morgan fingerprint density at radius 2 is 1.75 bits per heavy atom. The summed E-state index contributed by atoms with van der Waals surface area (Å²) in [7, 11) is -3.66. The van der Waals surface area contributed by atoms with E-state index in [0.29, 0.717) is 11.3 Å². The summed E-state index contributed by atoms with van der Waals surface area (Å²) in [5, 5.41) is 0. The van der Waals surface area contributed by atoms with Crippen LogP contribution in [0.4, 0.5) is 0 Å². The zero-order valence-corrected chi connectivity index (χ0v) is 13.9. The van der Waals surface area contributed by atoms with Gasteiger partial charge in [-0.2, -0.15) is 4.99 Å². The molecule has 2 rings (SSSR count). The molecular formula is C15H16N4O4S. The molecule has 2 aromatic rings. The van der Waals surface area contributed by atoms with Crippen LogP contribution in [0, 0.1) is 6.92 Å². The molecule has 8 nitrogen and oxygen atoms in total. The summed E-state index contributed by atoms with van der Waals surface area (Å²) in [6, 6.07) is 5.36. The van der Waals surface area contributed by atoms with Crippen molar-refractivity contribution in [2.45, 2.75) is 11.8 Å². The van der Waals surface area contributed by atoms with Gasteiger partial charge in [-0.3, -0.25) is 9.59 Å². The van der Waals surface area contributed by atoms with E-state index in [-0.39, 0.29) is 15.9 Å². The Bertz CT molecular complexity index is 982. The summed E-state index contributed by atoms with van der Waals surface area (Å²) in [6.07, 6.45) is 3.92. The highest BCUT2D eigenvalue weighted by Gasteiger charge is 2.20. The number of benzene rings is 1. The second-order valence-electron chi connectivity index (χ2n) is 5.19. The highest BCUT2D eigenvalue weighted by molar-refractivity contribution is 7.90. The highest BCUT2D eigenvalue weighted by atomic mass is 32.2. The predicted octanol–water partition coefficient (Wildman–Crippen LogP) is -0.0370. The molecule has 1 heterocycles. The first kappa shape index (κ1) is 17.4. The number of pyridine rings is 1. The van der Waals surface area contributed by atoms with Crippen molar-refractivity contribution >= 4 is 21.7 Å². The number of nitrogens with zero attached hydrogens (tertiary/aromatic N) is 2. The molecule has 1 aromatic heterocycles. The first-order valence-electron chi connectivity index (χ1n) is 6.77. The van der Waals surface area contributed by atoms with E-state index in [1.165, 1.54) is 41.2 Å². The molecule has 0 spiro atoms. The lowest BCUT2D eigenvalue weighted by Crippen LogP contribution is -2.24. The summed E-state index contributed by atoms with van der Waals surface area (Å²) < 4.78 is 25.7. The van der Waals surface area contributed by atoms with E-state index in [1.54, 1.807) is 6.92 Å². The molecule has 1 aromatic carbocycles. The Balaban J connectivity index is 2.76. The van der Waals surface area contributed by atoms with E-state index in [0.717, 1.165) is 6.26 Å². The van der Waals surface area contributed by atoms with Crippen molar-refractivity contribution in [3.63, 3.8) is 0 Å². The van der Waals surface area contributed by atoms with E-state index in [1.807, 2.05) is 0 Å². The van der Waals surface area contributed by atoms with Crippen LogP contribution in [0.1, 0.15) is 15.9 Å². The Morgan fingerprint density at radius 3 is 2.25 bits per heavy atom. The number of carbonyl (C=O) groups is 1. The minimum absolute atomic E-state index is 0.0774. The van der Waals surface area contributed by atoms with E-state index in [4.69, 9.17) is 11.5 Å². The van der Waals surface area contributed by atoms with Gasteiger partial charge in [0.2, 0.25) is 0 Å². The number of hydrogen-bond acceptors (Lipinski definition) is 4. The van der Waals surface area contributed by atoms with Crippen molar-refractivity contribution in [3.05, 3.63) is 58.0 Å². The number of rotatable bonds is 3. The quantitative estimate of drug-likeness (QED) is 0.590. The van der Waals surface area contributed by atoms with Crippen LogP contribution in [0.3, 0.4) is 0 Å². The summed E-state index contributed by atoms with van der Waals surface area (Å²) in [4.78, 5) is 26.6. The molecule has 0 radical (unpaired) electrons. The number of amides is 1. The maximum absolute atomic E-state index is 12.1. The van der Waals surface area contributed by atoms with Crippen molar-refractivity contribution in [1.29, 1.82) is 0 Å². The standard InChI is InChI=1S/C15H16N4O4S/c1-9-7-12(19-5-3-10(20)4-6-19)13(24(2,22)23)8-11(9)14(21)18-15(16)17/h3-8H,1-2H3,(H4,16,17,18,21). The smallest absolute Gasteiger partial charge is 0.280 e. The molecule has 0 aliphatic heterocycles. The fourth-order valence-electron chi connectivity index (χ4n) is 2.15. The van der Waals surface area contributed by atoms with Crippen molar-refractivity contribution in [2.24, 2.45) is 16.5 Å². The summed E-state index contributed by atoms with van der Waals surface area (Å²) in [5.74, 6) is -1.14. The molecule has 1 amide bonds. The van der Waals surface area contributed by atoms with E-state index in [2.05, 4.69) is 4.99 Å². The molecule has 0 saturated heterocycles. The largest absolute Gasteiger partial charge is 0.370 e. The lowest BCUT2D eigenvalue weighted by Gasteiger charge is -2.14. The third-order valence-corrected chi connectivity index (χ3v) is 4.37. The van der Waals surface area contributed by atoms with Crippen LogP contribution in [-0.4, -0.2) is 31.1 Å². The molecule has 0 atom stereocenters. The molecular weight excluding hydrogens is 332 g/mol. The minimum Gasteiger partial charge on any atom is -0.370 e. The number of aryl methyl sites for hydroxylation is 1. The van der Waals surface area contributed by atoms with Gasteiger partial charge in [0.05, 0.1) is 10.6 Å². The summed E-state index contributed by atoms with van der Waals surface area (Å²) in [6.45, 7) is 1.63. The van der Waals surface area contributed by atoms with Gasteiger partial charge in [0.1, 0.15) is 0 Å². The zero-order chi connectivity index (χ0) is 18.1. The number of carbonyl (C=O) groups excluding carboxylic acids is 1. The molecule has 0 aliphatic rings. The van der Waals surface area contributed by atoms with Crippen LogP contribution >= 0.6 is 0 Å². The predicted molar refractivity (Wildman–Crippen MR) is 90.0 cm³/mol. The van der Waals surface area contributed by atoms with Gasteiger partial charge < -0.3 is 16.0 Å². The Kier molecular flexibility index (Phi) is 4.56. The normalized spacial score (nSPS) is 11.1. The number of sulfone groups is 1. The number of aromatic nitrogens is 1. The van der Waals surface area contributed by atoms with Gasteiger partial charge >= 0.3 is 0 Å². The van der Waals surface area contributed by atoms with E-state index < -0.39 is 21.7 Å². The van der Waals surface area contributed by atoms with Gasteiger partial charge in [-0.25, -0.2) is 8.42 Å². The molecule has 0 aliphatic carbocycles. The monoisotopic (exact) mass is 348 g/mol. The number of hydrogen-bond donors (Lipinski definition) is 2. The molecule has 0 bridgehead atoms. The van der Waals surface area contributed by atoms with Crippen LogP contribution in [0.5, 0.6) is 0 Å². The lowest BCUT2D eigenvalue weighted by atomic mass is 10.1. The third kappa shape index (κ3) is 3.69. The van der Waals surface area contributed by atoms with Gasteiger partial charge in [0.15, 0.2) is 21.2 Å². The first-order chi connectivity index (χ1) is 11.1. The summed E-state index contributed by atoms with van der Waals surface area (Å²) in [5.41, 5.74) is 11.1. The number of guanidine groups is 1. The van der Waals surface area contributed by atoms with Crippen LogP contribution < -0.4 is 16.9 Å². The molecule has 126 valence electrons. The Hall–Kier alpha value is -2.94. The lowest BCUT2D eigenvalue weighted by molar-refractivity contribution is 0.100. The number of nitrogens with two attached hydrogens (primary N) is 2. The fraction of sp³-hybridized carbons (Fsp3) is 0.133.